The van der Waals surface area contributed by atoms with E-state index in [1.54, 1.807) is 0 Å². The SMILES string of the molecule is CN1CCCC(C)(CF)C1. The van der Waals surface area contributed by atoms with E-state index in [4.69, 9.17) is 0 Å². The van der Waals surface area contributed by atoms with Gasteiger partial charge in [-0.15, -0.1) is 0 Å². The average Bonchev–Trinajstić information content (AvgIpc) is 1.88. The predicted molar refractivity (Wildman–Crippen MR) is 40.8 cm³/mol. The maximum absolute atomic E-state index is 12.4. The van der Waals surface area contributed by atoms with E-state index < -0.39 is 0 Å². The van der Waals surface area contributed by atoms with E-state index in [0.717, 1.165) is 25.9 Å². The van der Waals surface area contributed by atoms with Crippen molar-refractivity contribution in [1.82, 2.24) is 4.90 Å². The molecule has 0 aromatic carbocycles. The van der Waals surface area contributed by atoms with Crippen molar-refractivity contribution < 1.29 is 4.39 Å². The first kappa shape index (κ1) is 7.99. The fraction of sp³-hybridized carbons (Fsp3) is 1.00. The summed E-state index contributed by atoms with van der Waals surface area (Å²) in [4.78, 5) is 2.21. The van der Waals surface area contributed by atoms with Crippen molar-refractivity contribution in [2.24, 2.45) is 5.41 Å². The monoisotopic (exact) mass is 145 g/mol. The van der Waals surface area contributed by atoms with Gasteiger partial charge in [-0.25, -0.2) is 0 Å². The normalized spacial score (nSPS) is 36.3. The van der Waals surface area contributed by atoms with Gasteiger partial charge in [0.05, 0.1) is 6.67 Å². The number of hydrogen-bond donors (Lipinski definition) is 0. The van der Waals surface area contributed by atoms with Crippen LogP contribution >= 0.6 is 0 Å². The van der Waals surface area contributed by atoms with Crippen LogP contribution in [0.3, 0.4) is 0 Å². The molecule has 0 bridgehead atoms. The van der Waals surface area contributed by atoms with Crippen LogP contribution in [0, 0.1) is 5.41 Å². The molecule has 0 radical (unpaired) electrons. The zero-order valence-corrected chi connectivity index (χ0v) is 6.86. The van der Waals surface area contributed by atoms with Crippen LogP contribution in [0.5, 0.6) is 0 Å². The number of hydrogen-bond acceptors (Lipinski definition) is 1. The Labute approximate surface area is 62.2 Å². The van der Waals surface area contributed by atoms with Gasteiger partial charge in [0.2, 0.25) is 0 Å². The minimum atomic E-state index is -0.169. The van der Waals surface area contributed by atoms with Crippen molar-refractivity contribution in [3.05, 3.63) is 0 Å². The highest BCUT2D eigenvalue weighted by molar-refractivity contribution is 4.81. The van der Waals surface area contributed by atoms with Crippen LogP contribution in [0.1, 0.15) is 19.8 Å². The molecule has 1 rings (SSSR count). The lowest BCUT2D eigenvalue weighted by atomic mass is 9.83. The number of likely N-dealkylation sites (tertiary alicyclic amines) is 1. The van der Waals surface area contributed by atoms with Crippen molar-refractivity contribution in [3.8, 4) is 0 Å². The highest BCUT2D eigenvalue weighted by Gasteiger charge is 2.28. The molecular formula is C8H16FN. The van der Waals surface area contributed by atoms with E-state index in [2.05, 4.69) is 11.9 Å². The van der Waals surface area contributed by atoms with Gasteiger partial charge in [-0.1, -0.05) is 6.92 Å². The van der Waals surface area contributed by atoms with Gasteiger partial charge >= 0.3 is 0 Å². The third-order valence-corrected chi connectivity index (χ3v) is 2.29. The number of nitrogens with zero attached hydrogens (tertiary/aromatic N) is 1. The fourth-order valence-corrected chi connectivity index (χ4v) is 1.69. The molecule has 0 saturated carbocycles. The Morgan fingerprint density at radius 1 is 1.60 bits per heavy atom. The lowest BCUT2D eigenvalue weighted by Gasteiger charge is -2.36. The van der Waals surface area contributed by atoms with E-state index in [9.17, 15) is 4.39 Å². The van der Waals surface area contributed by atoms with Crippen molar-refractivity contribution in [1.29, 1.82) is 0 Å². The summed E-state index contributed by atoms with van der Waals surface area (Å²) in [5.41, 5.74) is -0.0486. The topological polar surface area (TPSA) is 3.24 Å². The first-order chi connectivity index (χ1) is 4.66. The first-order valence-corrected chi connectivity index (χ1v) is 3.91. The molecule has 2 heteroatoms. The van der Waals surface area contributed by atoms with E-state index in [-0.39, 0.29) is 12.1 Å². The summed E-state index contributed by atoms with van der Waals surface area (Å²) < 4.78 is 12.4. The van der Waals surface area contributed by atoms with E-state index in [0.29, 0.717) is 0 Å². The quantitative estimate of drug-likeness (QED) is 0.542. The van der Waals surface area contributed by atoms with Gasteiger partial charge in [0.25, 0.3) is 0 Å². The van der Waals surface area contributed by atoms with E-state index >= 15 is 0 Å². The molecule has 1 unspecified atom stereocenters. The highest BCUT2D eigenvalue weighted by atomic mass is 19.1. The van der Waals surface area contributed by atoms with Crippen LogP contribution in [-0.4, -0.2) is 31.7 Å². The van der Waals surface area contributed by atoms with Gasteiger partial charge in [0.15, 0.2) is 0 Å². The fourth-order valence-electron chi connectivity index (χ4n) is 1.69. The number of alkyl halides is 1. The molecule has 1 fully saturated rings. The van der Waals surface area contributed by atoms with Gasteiger partial charge < -0.3 is 4.90 Å². The summed E-state index contributed by atoms with van der Waals surface area (Å²) in [5, 5.41) is 0. The molecule has 0 aromatic rings. The molecule has 1 saturated heterocycles. The molecule has 0 spiro atoms. The Morgan fingerprint density at radius 3 is 2.70 bits per heavy atom. The van der Waals surface area contributed by atoms with Gasteiger partial charge in [-0.2, -0.15) is 0 Å². The van der Waals surface area contributed by atoms with Crippen LogP contribution in [0.15, 0.2) is 0 Å². The maximum atomic E-state index is 12.4. The van der Waals surface area contributed by atoms with Crippen molar-refractivity contribution in [3.63, 3.8) is 0 Å². The molecule has 10 heavy (non-hydrogen) atoms. The molecule has 1 nitrogen and oxygen atoms in total. The largest absolute Gasteiger partial charge is 0.306 e. The van der Waals surface area contributed by atoms with Crippen LogP contribution < -0.4 is 0 Å². The number of rotatable bonds is 1. The van der Waals surface area contributed by atoms with Gasteiger partial charge in [0, 0.05) is 12.0 Å². The molecule has 1 atom stereocenters. The lowest BCUT2D eigenvalue weighted by Crippen LogP contribution is -2.40. The molecule has 0 N–H and O–H groups in total. The van der Waals surface area contributed by atoms with E-state index in [1.807, 2.05) is 6.92 Å². The third kappa shape index (κ3) is 1.69. The standard InChI is InChI=1S/C8H16FN/c1-8(6-9)4-3-5-10(2)7-8/h3-7H2,1-2H3. The molecular weight excluding hydrogens is 129 g/mol. The molecule has 0 amide bonds. The Bertz CT molecular complexity index is 116. The summed E-state index contributed by atoms with van der Waals surface area (Å²) in [6.45, 7) is 3.92. The summed E-state index contributed by atoms with van der Waals surface area (Å²) >= 11 is 0. The highest BCUT2D eigenvalue weighted by Crippen LogP contribution is 2.28. The minimum Gasteiger partial charge on any atom is -0.306 e. The average molecular weight is 145 g/mol. The van der Waals surface area contributed by atoms with Gasteiger partial charge in [-0.05, 0) is 26.4 Å². The first-order valence-electron chi connectivity index (χ1n) is 3.91. The third-order valence-electron chi connectivity index (χ3n) is 2.29. The molecule has 1 aliphatic heterocycles. The zero-order valence-electron chi connectivity index (χ0n) is 6.86. The molecule has 0 aromatic heterocycles. The minimum absolute atomic E-state index is 0.0486. The number of piperidine rings is 1. The van der Waals surface area contributed by atoms with E-state index in [1.165, 1.54) is 0 Å². The van der Waals surface area contributed by atoms with Crippen LogP contribution in [-0.2, 0) is 0 Å². The van der Waals surface area contributed by atoms with Crippen molar-refractivity contribution in [2.75, 3.05) is 26.8 Å². The lowest BCUT2D eigenvalue weighted by molar-refractivity contribution is 0.0968. The van der Waals surface area contributed by atoms with Gasteiger partial charge in [-0.3, -0.25) is 4.39 Å². The van der Waals surface area contributed by atoms with Crippen LogP contribution in [0.2, 0.25) is 0 Å². The Kier molecular flexibility index (Phi) is 2.29. The maximum Gasteiger partial charge on any atom is 0.0960 e. The Hall–Kier alpha value is -0.110. The molecule has 60 valence electrons. The second-order valence-electron chi connectivity index (χ2n) is 3.79. The van der Waals surface area contributed by atoms with Crippen LogP contribution in [0.4, 0.5) is 4.39 Å². The summed E-state index contributed by atoms with van der Waals surface area (Å²) in [6.07, 6.45) is 2.20. The predicted octanol–water partition coefficient (Wildman–Crippen LogP) is 1.69. The summed E-state index contributed by atoms with van der Waals surface area (Å²) in [7, 11) is 2.06. The smallest absolute Gasteiger partial charge is 0.0960 e. The summed E-state index contributed by atoms with van der Waals surface area (Å²) in [5.74, 6) is 0. The molecule has 0 aliphatic carbocycles. The molecule has 1 aliphatic rings. The van der Waals surface area contributed by atoms with Crippen molar-refractivity contribution in [2.45, 2.75) is 19.8 Å². The number of halogens is 1. The zero-order chi connectivity index (χ0) is 7.61. The molecule has 1 heterocycles. The second kappa shape index (κ2) is 2.87. The van der Waals surface area contributed by atoms with Crippen molar-refractivity contribution >= 4 is 0 Å². The van der Waals surface area contributed by atoms with Gasteiger partial charge in [0.1, 0.15) is 0 Å². The Morgan fingerprint density at radius 2 is 2.30 bits per heavy atom. The second-order valence-corrected chi connectivity index (χ2v) is 3.79. The summed E-state index contributed by atoms with van der Waals surface area (Å²) in [6, 6.07) is 0. The van der Waals surface area contributed by atoms with Crippen LogP contribution in [0.25, 0.3) is 0 Å². The Balaban J connectivity index is 2.45.